The SMILES string of the molecule is C#Cc1ccc(C)cc1.C=CCCc1ccc(C(CC)CC)cc1. The van der Waals surface area contributed by atoms with E-state index in [9.17, 15) is 0 Å². The zero-order valence-corrected chi connectivity index (χ0v) is 15.4. The topological polar surface area (TPSA) is 0 Å². The van der Waals surface area contributed by atoms with Gasteiger partial charge in [0.2, 0.25) is 0 Å². The van der Waals surface area contributed by atoms with Gasteiger partial charge >= 0.3 is 0 Å². The standard InChI is InChI=1S/C15H22.C9H8/c1-4-7-8-13-9-11-15(12-10-13)14(5-2)6-3;1-3-9-6-4-8(2)5-7-9/h4,9-12,14H,1,5-8H2,2-3H3;1,4-7H,2H3. The van der Waals surface area contributed by atoms with Crippen LogP contribution in [0.4, 0.5) is 0 Å². The number of allylic oxidation sites excluding steroid dienone is 1. The zero-order chi connectivity index (χ0) is 17.8. The largest absolute Gasteiger partial charge is 0.115 e. The van der Waals surface area contributed by atoms with Crippen molar-refractivity contribution >= 4 is 0 Å². The predicted octanol–water partition coefficient (Wildman–Crippen LogP) is 6.69. The van der Waals surface area contributed by atoms with E-state index in [-0.39, 0.29) is 0 Å². The average molecular weight is 319 g/mol. The summed E-state index contributed by atoms with van der Waals surface area (Å²) in [6.45, 7) is 10.3. The second-order valence-electron chi connectivity index (χ2n) is 6.09. The molecule has 2 rings (SSSR count). The van der Waals surface area contributed by atoms with Crippen molar-refractivity contribution in [1.82, 2.24) is 0 Å². The molecule has 0 radical (unpaired) electrons. The summed E-state index contributed by atoms with van der Waals surface area (Å²) in [4.78, 5) is 0. The van der Waals surface area contributed by atoms with E-state index in [1.807, 2.05) is 37.3 Å². The third-order valence-corrected chi connectivity index (χ3v) is 4.29. The van der Waals surface area contributed by atoms with Crippen LogP contribution in [0.5, 0.6) is 0 Å². The van der Waals surface area contributed by atoms with Crippen LogP contribution in [0.3, 0.4) is 0 Å². The zero-order valence-electron chi connectivity index (χ0n) is 15.4. The minimum absolute atomic E-state index is 0.735. The van der Waals surface area contributed by atoms with E-state index in [0.717, 1.165) is 24.3 Å². The summed E-state index contributed by atoms with van der Waals surface area (Å²) in [7, 11) is 0. The Morgan fingerprint density at radius 1 is 1.00 bits per heavy atom. The molecule has 2 aromatic carbocycles. The van der Waals surface area contributed by atoms with E-state index in [2.05, 4.69) is 50.6 Å². The summed E-state index contributed by atoms with van der Waals surface area (Å²) in [5, 5.41) is 0. The van der Waals surface area contributed by atoms with Crippen LogP contribution < -0.4 is 0 Å². The van der Waals surface area contributed by atoms with Crippen molar-refractivity contribution in [1.29, 1.82) is 0 Å². The van der Waals surface area contributed by atoms with E-state index >= 15 is 0 Å². The molecule has 0 spiro atoms. The van der Waals surface area contributed by atoms with Crippen LogP contribution in [-0.2, 0) is 6.42 Å². The molecule has 0 nitrogen and oxygen atoms in total. The molecule has 0 fully saturated rings. The maximum atomic E-state index is 5.15. The average Bonchev–Trinajstić information content (AvgIpc) is 2.63. The number of terminal acetylenes is 1. The van der Waals surface area contributed by atoms with Gasteiger partial charge in [0.15, 0.2) is 0 Å². The van der Waals surface area contributed by atoms with Gasteiger partial charge in [-0.25, -0.2) is 0 Å². The first kappa shape index (κ1) is 19.8. The lowest BCUT2D eigenvalue weighted by molar-refractivity contribution is 0.641. The van der Waals surface area contributed by atoms with Crippen LogP contribution in [0, 0.1) is 19.3 Å². The molecule has 0 bridgehead atoms. The first-order valence-corrected chi connectivity index (χ1v) is 8.87. The lowest BCUT2D eigenvalue weighted by Crippen LogP contribution is -1.95. The molecule has 0 N–H and O–H groups in total. The van der Waals surface area contributed by atoms with Gasteiger partial charge in [-0.3, -0.25) is 0 Å². The summed E-state index contributed by atoms with van der Waals surface area (Å²) in [6.07, 6.45) is 11.8. The number of aryl methyl sites for hydroxylation is 2. The van der Waals surface area contributed by atoms with Crippen LogP contribution in [0.2, 0.25) is 0 Å². The third-order valence-electron chi connectivity index (χ3n) is 4.29. The van der Waals surface area contributed by atoms with E-state index in [1.54, 1.807) is 0 Å². The fourth-order valence-electron chi connectivity index (χ4n) is 2.64. The van der Waals surface area contributed by atoms with Gasteiger partial charge in [0, 0.05) is 5.56 Å². The van der Waals surface area contributed by atoms with Gasteiger partial charge in [-0.15, -0.1) is 13.0 Å². The Labute approximate surface area is 148 Å². The molecule has 0 aliphatic carbocycles. The number of hydrogen-bond acceptors (Lipinski definition) is 0. The summed E-state index contributed by atoms with van der Waals surface area (Å²) >= 11 is 0. The maximum Gasteiger partial charge on any atom is 0.0242 e. The quantitative estimate of drug-likeness (QED) is 0.411. The second-order valence-corrected chi connectivity index (χ2v) is 6.09. The normalized spacial score (nSPS) is 9.79. The number of rotatable bonds is 6. The molecule has 0 saturated carbocycles. The van der Waals surface area contributed by atoms with Crippen molar-refractivity contribution in [3.05, 3.63) is 83.4 Å². The molecule has 0 unspecified atom stereocenters. The van der Waals surface area contributed by atoms with Gasteiger partial charge in [-0.05, 0) is 61.8 Å². The first-order valence-electron chi connectivity index (χ1n) is 8.87. The van der Waals surface area contributed by atoms with E-state index < -0.39 is 0 Å². The first-order chi connectivity index (χ1) is 11.6. The van der Waals surface area contributed by atoms with Gasteiger partial charge < -0.3 is 0 Å². The maximum absolute atomic E-state index is 5.15. The molecule has 126 valence electrons. The van der Waals surface area contributed by atoms with Crippen molar-refractivity contribution in [3.63, 3.8) is 0 Å². The highest BCUT2D eigenvalue weighted by molar-refractivity contribution is 5.33. The second kappa shape index (κ2) is 11.3. The molecule has 2 aromatic rings. The molecule has 0 aromatic heterocycles. The fraction of sp³-hybridized carbons (Fsp3) is 0.333. The molecular weight excluding hydrogens is 288 g/mol. The van der Waals surface area contributed by atoms with E-state index in [0.29, 0.717) is 0 Å². The molecule has 0 saturated heterocycles. The molecule has 0 amide bonds. The Hall–Kier alpha value is -2.26. The van der Waals surface area contributed by atoms with Crippen LogP contribution >= 0.6 is 0 Å². The van der Waals surface area contributed by atoms with E-state index in [4.69, 9.17) is 6.42 Å². The van der Waals surface area contributed by atoms with Crippen LogP contribution in [0.15, 0.2) is 61.2 Å². The lowest BCUT2D eigenvalue weighted by Gasteiger charge is -2.13. The number of hydrogen-bond donors (Lipinski definition) is 0. The van der Waals surface area contributed by atoms with Gasteiger partial charge in [0.25, 0.3) is 0 Å². The molecule has 0 atom stereocenters. The Morgan fingerprint density at radius 3 is 2.04 bits per heavy atom. The fourth-order valence-corrected chi connectivity index (χ4v) is 2.64. The highest BCUT2D eigenvalue weighted by Gasteiger charge is 2.05. The Bertz CT molecular complexity index is 619. The minimum Gasteiger partial charge on any atom is -0.115 e. The van der Waals surface area contributed by atoms with E-state index in [1.165, 1.54) is 29.5 Å². The Balaban J connectivity index is 0.000000272. The molecule has 0 aliphatic rings. The van der Waals surface area contributed by atoms with Gasteiger partial charge in [0.1, 0.15) is 0 Å². The predicted molar refractivity (Wildman–Crippen MR) is 107 cm³/mol. The van der Waals surface area contributed by atoms with Crippen LogP contribution in [-0.4, -0.2) is 0 Å². The third kappa shape index (κ3) is 6.88. The van der Waals surface area contributed by atoms with Crippen molar-refractivity contribution < 1.29 is 0 Å². The highest BCUT2D eigenvalue weighted by Crippen LogP contribution is 2.23. The Morgan fingerprint density at radius 2 is 1.58 bits per heavy atom. The summed E-state index contributed by atoms with van der Waals surface area (Å²) < 4.78 is 0. The molecular formula is C24H30. The molecule has 0 aliphatic heterocycles. The Kier molecular flexibility index (Phi) is 9.32. The summed E-state index contributed by atoms with van der Waals surface area (Å²) in [6, 6.07) is 17.0. The molecule has 0 heterocycles. The van der Waals surface area contributed by atoms with Gasteiger partial charge in [0.05, 0.1) is 0 Å². The monoisotopic (exact) mass is 318 g/mol. The highest BCUT2D eigenvalue weighted by atomic mass is 14.1. The van der Waals surface area contributed by atoms with Crippen molar-refractivity contribution in [2.24, 2.45) is 0 Å². The lowest BCUT2D eigenvalue weighted by atomic mass is 9.93. The smallest absolute Gasteiger partial charge is 0.0242 e. The summed E-state index contributed by atoms with van der Waals surface area (Å²) in [5.41, 5.74) is 5.10. The van der Waals surface area contributed by atoms with Gasteiger partial charge in [-0.1, -0.05) is 67.8 Å². The summed E-state index contributed by atoms with van der Waals surface area (Å²) in [5.74, 6) is 3.29. The van der Waals surface area contributed by atoms with Crippen LogP contribution in [0.25, 0.3) is 0 Å². The minimum atomic E-state index is 0.735. The van der Waals surface area contributed by atoms with Crippen molar-refractivity contribution in [3.8, 4) is 12.3 Å². The molecule has 0 heteroatoms. The van der Waals surface area contributed by atoms with Crippen molar-refractivity contribution in [2.45, 2.75) is 52.4 Å². The van der Waals surface area contributed by atoms with Crippen LogP contribution in [0.1, 0.15) is 61.3 Å². The number of benzene rings is 2. The van der Waals surface area contributed by atoms with Gasteiger partial charge in [-0.2, -0.15) is 0 Å². The molecule has 24 heavy (non-hydrogen) atoms. The van der Waals surface area contributed by atoms with Crippen molar-refractivity contribution in [2.75, 3.05) is 0 Å².